The van der Waals surface area contributed by atoms with Gasteiger partial charge in [-0.1, -0.05) is 37.3 Å². The van der Waals surface area contributed by atoms with Crippen molar-refractivity contribution in [3.05, 3.63) is 54.1 Å². The number of rotatable bonds is 3. The minimum atomic E-state index is -0.309. The summed E-state index contributed by atoms with van der Waals surface area (Å²) in [7, 11) is 0. The van der Waals surface area contributed by atoms with Gasteiger partial charge in [-0.15, -0.1) is 0 Å². The van der Waals surface area contributed by atoms with Crippen LogP contribution in [0.5, 0.6) is 0 Å². The van der Waals surface area contributed by atoms with Gasteiger partial charge in [-0.25, -0.2) is 4.98 Å². The third-order valence-electron chi connectivity index (χ3n) is 4.47. The average molecular weight is 297 g/mol. The molecule has 4 nitrogen and oxygen atoms in total. The first-order chi connectivity index (χ1) is 10.6. The zero-order chi connectivity index (χ0) is 15.5. The molecule has 0 saturated carbocycles. The Balaban J connectivity index is 1.90. The molecule has 0 N–H and O–H groups in total. The van der Waals surface area contributed by atoms with Gasteiger partial charge in [0.2, 0.25) is 5.91 Å². The van der Waals surface area contributed by atoms with Crippen LogP contribution < -0.4 is 0 Å². The van der Waals surface area contributed by atoms with Crippen LogP contribution in [0.15, 0.2) is 42.9 Å². The first-order valence-corrected chi connectivity index (χ1v) is 7.99. The fourth-order valence-electron chi connectivity index (χ4n) is 3.06. The molecule has 0 aliphatic carbocycles. The molecule has 1 aromatic heterocycles. The van der Waals surface area contributed by atoms with Crippen LogP contribution in [0.1, 0.15) is 37.1 Å². The van der Waals surface area contributed by atoms with Crippen LogP contribution in [0.2, 0.25) is 0 Å². The predicted octanol–water partition coefficient (Wildman–Crippen LogP) is 3.04. The maximum Gasteiger partial charge on any atom is 0.250 e. The molecule has 1 aliphatic heterocycles. The van der Waals surface area contributed by atoms with E-state index in [-0.39, 0.29) is 11.9 Å². The molecule has 116 valence electrons. The predicted molar refractivity (Wildman–Crippen MR) is 86.5 cm³/mol. The van der Waals surface area contributed by atoms with E-state index in [0.29, 0.717) is 0 Å². The highest BCUT2D eigenvalue weighted by molar-refractivity contribution is 5.83. The number of piperidine rings is 1. The lowest BCUT2D eigenvalue weighted by Crippen LogP contribution is -2.42. The van der Waals surface area contributed by atoms with Crippen molar-refractivity contribution < 1.29 is 4.79 Å². The summed E-state index contributed by atoms with van der Waals surface area (Å²) in [5.74, 6) is 0.894. The molecular weight excluding hydrogens is 274 g/mol. The summed E-state index contributed by atoms with van der Waals surface area (Å²) >= 11 is 0. The molecule has 3 rings (SSSR count). The van der Waals surface area contributed by atoms with Crippen LogP contribution in [-0.4, -0.2) is 33.4 Å². The van der Waals surface area contributed by atoms with Gasteiger partial charge in [0.25, 0.3) is 0 Å². The van der Waals surface area contributed by atoms with Gasteiger partial charge in [-0.05, 0) is 31.2 Å². The number of aryl methyl sites for hydroxylation is 1. The highest BCUT2D eigenvalue weighted by Crippen LogP contribution is 2.24. The maximum absolute atomic E-state index is 13.1. The minimum absolute atomic E-state index is 0.176. The van der Waals surface area contributed by atoms with E-state index in [0.717, 1.165) is 43.1 Å². The van der Waals surface area contributed by atoms with Crippen molar-refractivity contribution in [3.8, 4) is 0 Å². The number of amides is 1. The van der Waals surface area contributed by atoms with Gasteiger partial charge in [0.1, 0.15) is 6.04 Å². The molecule has 2 heterocycles. The summed E-state index contributed by atoms with van der Waals surface area (Å²) < 4.78 is 1.94. The van der Waals surface area contributed by atoms with Crippen LogP contribution in [0, 0.1) is 12.8 Å². The summed E-state index contributed by atoms with van der Waals surface area (Å²) in [5.41, 5.74) is 1.95. The quantitative estimate of drug-likeness (QED) is 0.873. The van der Waals surface area contributed by atoms with E-state index in [9.17, 15) is 4.79 Å². The summed E-state index contributed by atoms with van der Waals surface area (Å²) in [4.78, 5) is 19.4. The Morgan fingerprint density at radius 1 is 1.23 bits per heavy atom. The monoisotopic (exact) mass is 297 g/mol. The van der Waals surface area contributed by atoms with Crippen LogP contribution in [0.4, 0.5) is 0 Å². The third-order valence-corrected chi connectivity index (χ3v) is 4.47. The average Bonchev–Trinajstić information content (AvgIpc) is 2.95. The number of hydrogen-bond acceptors (Lipinski definition) is 2. The number of carbonyl (C=O) groups is 1. The summed E-state index contributed by atoms with van der Waals surface area (Å²) in [5, 5.41) is 0. The zero-order valence-electron chi connectivity index (χ0n) is 13.3. The maximum atomic E-state index is 13.1. The van der Waals surface area contributed by atoms with Crippen LogP contribution in [0.25, 0.3) is 0 Å². The summed E-state index contributed by atoms with van der Waals surface area (Å²) in [6.45, 7) is 5.93. The number of nitrogens with zero attached hydrogens (tertiary/aromatic N) is 3. The molecule has 1 saturated heterocycles. The molecule has 4 heteroatoms. The van der Waals surface area contributed by atoms with Gasteiger partial charge in [0.05, 0.1) is 12.0 Å². The van der Waals surface area contributed by atoms with Crippen molar-refractivity contribution in [1.29, 1.82) is 0 Å². The molecule has 0 unspecified atom stereocenters. The Labute approximate surface area is 131 Å². The summed E-state index contributed by atoms with van der Waals surface area (Å²) in [6, 6.07) is 9.67. The van der Waals surface area contributed by atoms with Crippen LogP contribution >= 0.6 is 0 Å². The molecule has 2 aromatic rings. The fraction of sp³-hybridized carbons (Fsp3) is 0.444. The molecule has 1 aromatic carbocycles. The Hall–Kier alpha value is -2.10. The van der Waals surface area contributed by atoms with Crippen molar-refractivity contribution in [2.45, 2.75) is 32.7 Å². The molecule has 1 fully saturated rings. The van der Waals surface area contributed by atoms with Gasteiger partial charge in [0, 0.05) is 19.3 Å². The molecule has 0 radical (unpaired) electrons. The number of hydrogen-bond donors (Lipinski definition) is 0. The molecule has 22 heavy (non-hydrogen) atoms. The van der Waals surface area contributed by atoms with E-state index >= 15 is 0 Å². The molecular formula is C18H23N3O. The van der Waals surface area contributed by atoms with E-state index in [1.807, 2.05) is 52.9 Å². The lowest BCUT2D eigenvalue weighted by atomic mass is 9.97. The second kappa shape index (κ2) is 6.34. The van der Waals surface area contributed by atoms with E-state index in [1.54, 1.807) is 6.33 Å². The van der Waals surface area contributed by atoms with E-state index in [1.165, 1.54) is 0 Å². The Bertz CT molecular complexity index is 627. The highest BCUT2D eigenvalue weighted by atomic mass is 16.2. The summed E-state index contributed by atoms with van der Waals surface area (Å²) in [6.07, 6.45) is 5.89. The van der Waals surface area contributed by atoms with Crippen molar-refractivity contribution in [2.75, 3.05) is 13.1 Å². The molecule has 1 amide bonds. The second-order valence-electron chi connectivity index (χ2n) is 6.28. The first kappa shape index (κ1) is 14.8. The first-order valence-electron chi connectivity index (χ1n) is 7.99. The Kier molecular flexibility index (Phi) is 4.27. The highest BCUT2D eigenvalue weighted by Gasteiger charge is 2.29. The molecule has 1 aliphatic rings. The standard InChI is InChI=1S/C18H23N3O/c1-14-8-10-20(11-9-14)18(22)17(16-6-4-3-5-7-16)21-12-15(2)19-13-21/h3-7,12-14,17H,8-11H2,1-2H3/t17-/m0/s1. The third kappa shape index (κ3) is 3.06. The van der Waals surface area contributed by atoms with Gasteiger partial charge < -0.3 is 9.47 Å². The second-order valence-corrected chi connectivity index (χ2v) is 6.28. The smallest absolute Gasteiger partial charge is 0.250 e. The lowest BCUT2D eigenvalue weighted by Gasteiger charge is -2.33. The van der Waals surface area contributed by atoms with Gasteiger partial charge in [-0.3, -0.25) is 4.79 Å². The van der Waals surface area contributed by atoms with Gasteiger partial charge >= 0.3 is 0 Å². The number of benzene rings is 1. The lowest BCUT2D eigenvalue weighted by molar-refractivity contribution is -0.134. The van der Waals surface area contributed by atoms with E-state index in [4.69, 9.17) is 0 Å². The fourth-order valence-corrected chi connectivity index (χ4v) is 3.06. The zero-order valence-corrected chi connectivity index (χ0v) is 13.3. The van der Waals surface area contributed by atoms with E-state index in [2.05, 4.69) is 11.9 Å². The van der Waals surface area contributed by atoms with Crippen LogP contribution in [0.3, 0.4) is 0 Å². The molecule has 1 atom stereocenters. The van der Waals surface area contributed by atoms with Crippen molar-refractivity contribution in [3.63, 3.8) is 0 Å². The normalized spacial score (nSPS) is 17.5. The van der Waals surface area contributed by atoms with E-state index < -0.39 is 0 Å². The Morgan fingerprint density at radius 2 is 1.91 bits per heavy atom. The molecule has 0 bridgehead atoms. The van der Waals surface area contributed by atoms with Crippen molar-refractivity contribution >= 4 is 5.91 Å². The largest absolute Gasteiger partial charge is 0.341 e. The Morgan fingerprint density at radius 3 is 2.50 bits per heavy atom. The van der Waals surface area contributed by atoms with Gasteiger partial charge in [-0.2, -0.15) is 0 Å². The number of aromatic nitrogens is 2. The topological polar surface area (TPSA) is 38.1 Å². The van der Waals surface area contributed by atoms with Crippen LogP contribution in [-0.2, 0) is 4.79 Å². The van der Waals surface area contributed by atoms with Gasteiger partial charge in [0.15, 0.2) is 0 Å². The van der Waals surface area contributed by atoms with Crippen molar-refractivity contribution in [1.82, 2.24) is 14.5 Å². The number of imidazole rings is 1. The SMILES string of the molecule is Cc1cn([C@H](C(=O)N2CCC(C)CC2)c2ccccc2)cn1. The number of likely N-dealkylation sites (tertiary alicyclic amines) is 1. The molecule has 0 spiro atoms. The number of carbonyl (C=O) groups excluding carboxylic acids is 1. The van der Waals surface area contributed by atoms with Crippen molar-refractivity contribution in [2.24, 2.45) is 5.92 Å². The minimum Gasteiger partial charge on any atom is -0.341 e.